The highest BCUT2D eigenvalue weighted by molar-refractivity contribution is 5.11. The number of rotatable bonds is 0. The largest absolute Gasteiger partial charge is 0.325 e. The molecule has 1 heteroatoms. The van der Waals surface area contributed by atoms with Gasteiger partial charge in [-0.15, -0.1) is 0 Å². The van der Waals surface area contributed by atoms with E-state index < -0.39 is 0 Å². The Morgan fingerprint density at radius 1 is 1.36 bits per heavy atom. The van der Waals surface area contributed by atoms with Crippen molar-refractivity contribution in [3.05, 3.63) is 0 Å². The molecule has 2 bridgehead atoms. The molecule has 0 aliphatic heterocycles. The quantitative estimate of drug-likeness (QED) is 0.567. The van der Waals surface area contributed by atoms with E-state index in [2.05, 4.69) is 20.8 Å². The van der Waals surface area contributed by atoms with Gasteiger partial charge in [0.1, 0.15) is 0 Å². The summed E-state index contributed by atoms with van der Waals surface area (Å²) in [6.45, 7) is 7.10. The Balaban J connectivity index is 2.34. The van der Waals surface area contributed by atoms with Crippen LogP contribution in [0.15, 0.2) is 0 Å². The van der Waals surface area contributed by atoms with Crippen molar-refractivity contribution >= 4 is 0 Å². The molecule has 2 N–H and O–H groups in total. The predicted octanol–water partition coefficient (Wildman–Crippen LogP) is 2.16. The first kappa shape index (κ1) is 7.60. The molecule has 1 nitrogen and oxygen atoms in total. The lowest BCUT2D eigenvalue weighted by Gasteiger charge is -2.40. The Morgan fingerprint density at radius 3 is 2.27 bits per heavy atom. The van der Waals surface area contributed by atoms with Gasteiger partial charge in [-0.3, -0.25) is 0 Å². The molecule has 2 aliphatic carbocycles. The fourth-order valence-electron chi connectivity index (χ4n) is 3.23. The van der Waals surface area contributed by atoms with E-state index in [1.807, 2.05) is 0 Å². The molecular weight excluding hydrogens is 134 g/mol. The van der Waals surface area contributed by atoms with Gasteiger partial charge in [-0.1, -0.05) is 20.8 Å². The molecule has 0 unspecified atom stereocenters. The summed E-state index contributed by atoms with van der Waals surface area (Å²) in [7, 11) is 0. The molecule has 3 atom stereocenters. The second-order valence-corrected chi connectivity index (χ2v) is 5.22. The van der Waals surface area contributed by atoms with Crippen molar-refractivity contribution in [2.45, 2.75) is 45.6 Å². The van der Waals surface area contributed by atoms with E-state index in [-0.39, 0.29) is 5.54 Å². The molecule has 2 fully saturated rings. The topological polar surface area (TPSA) is 26.0 Å². The van der Waals surface area contributed by atoms with Crippen molar-refractivity contribution < 1.29 is 0 Å². The maximum Gasteiger partial charge on any atom is 0.0188 e. The first-order chi connectivity index (χ1) is 4.97. The summed E-state index contributed by atoms with van der Waals surface area (Å²) in [5.74, 6) is 1.62. The highest BCUT2D eigenvalue weighted by atomic mass is 14.8. The average molecular weight is 153 g/mol. The normalized spacial score (nSPS) is 53.5. The Morgan fingerprint density at radius 2 is 2.00 bits per heavy atom. The van der Waals surface area contributed by atoms with Crippen LogP contribution in [0, 0.1) is 17.3 Å². The fourth-order valence-corrected chi connectivity index (χ4v) is 3.23. The lowest BCUT2D eigenvalue weighted by molar-refractivity contribution is 0.123. The van der Waals surface area contributed by atoms with E-state index in [1.165, 1.54) is 19.3 Å². The number of nitrogens with two attached hydrogens (primary N) is 1. The first-order valence-electron chi connectivity index (χ1n) is 4.76. The lowest BCUT2D eigenvalue weighted by atomic mass is 9.68. The summed E-state index contributed by atoms with van der Waals surface area (Å²) in [5, 5.41) is 0. The summed E-state index contributed by atoms with van der Waals surface area (Å²) in [4.78, 5) is 0. The lowest BCUT2D eigenvalue weighted by Crippen LogP contribution is -2.46. The Labute approximate surface area is 69.4 Å². The summed E-state index contributed by atoms with van der Waals surface area (Å²) in [6.07, 6.45) is 3.91. The minimum Gasteiger partial charge on any atom is -0.325 e. The average Bonchev–Trinajstić information content (AvgIpc) is 2.36. The van der Waals surface area contributed by atoms with Gasteiger partial charge in [0, 0.05) is 5.54 Å². The van der Waals surface area contributed by atoms with E-state index >= 15 is 0 Å². The molecule has 0 spiro atoms. The van der Waals surface area contributed by atoms with Crippen LogP contribution in [0.5, 0.6) is 0 Å². The van der Waals surface area contributed by atoms with Crippen molar-refractivity contribution in [1.29, 1.82) is 0 Å². The van der Waals surface area contributed by atoms with Gasteiger partial charge in [0.25, 0.3) is 0 Å². The van der Waals surface area contributed by atoms with Gasteiger partial charge in [-0.2, -0.15) is 0 Å². The monoisotopic (exact) mass is 153 g/mol. The van der Waals surface area contributed by atoms with Crippen LogP contribution in [0.3, 0.4) is 0 Å². The molecule has 2 rings (SSSR count). The van der Waals surface area contributed by atoms with E-state index in [0.29, 0.717) is 11.3 Å². The Hall–Kier alpha value is -0.0400. The smallest absolute Gasteiger partial charge is 0.0188 e. The molecule has 2 saturated carbocycles. The highest BCUT2D eigenvalue weighted by Crippen LogP contribution is 2.59. The molecule has 0 heterocycles. The van der Waals surface area contributed by atoms with Crippen LogP contribution in [0.25, 0.3) is 0 Å². The third kappa shape index (κ3) is 0.752. The highest BCUT2D eigenvalue weighted by Gasteiger charge is 2.57. The van der Waals surface area contributed by atoms with Crippen molar-refractivity contribution in [3.63, 3.8) is 0 Å². The number of fused-ring (bicyclic) bond motifs is 2. The van der Waals surface area contributed by atoms with Gasteiger partial charge in [0.15, 0.2) is 0 Å². The van der Waals surface area contributed by atoms with Crippen LogP contribution >= 0.6 is 0 Å². The summed E-state index contributed by atoms with van der Waals surface area (Å²) < 4.78 is 0. The number of hydrogen-bond donors (Lipinski definition) is 1. The Kier molecular flexibility index (Phi) is 1.26. The maximum atomic E-state index is 6.32. The third-order valence-electron chi connectivity index (χ3n) is 4.62. The van der Waals surface area contributed by atoms with Crippen LogP contribution in [0.2, 0.25) is 0 Å². The molecule has 0 aromatic carbocycles. The van der Waals surface area contributed by atoms with Crippen LogP contribution in [-0.4, -0.2) is 5.54 Å². The van der Waals surface area contributed by atoms with Gasteiger partial charge in [-0.05, 0) is 36.5 Å². The van der Waals surface area contributed by atoms with Crippen molar-refractivity contribution in [2.24, 2.45) is 23.0 Å². The Bertz CT molecular complexity index is 181. The maximum absolute atomic E-state index is 6.32. The first-order valence-corrected chi connectivity index (χ1v) is 4.76. The molecule has 0 amide bonds. The summed E-state index contributed by atoms with van der Waals surface area (Å²) in [6, 6.07) is 0. The summed E-state index contributed by atoms with van der Waals surface area (Å²) in [5.41, 5.74) is 7.03. The van der Waals surface area contributed by atoms with Crippen molar-refractivity contribution in [1.82, 2.24) is 0 Å². The van der Waals surface area contributed by atoms with Crippen LogP contribution in [0.1, 0.15) is 40.0 Å². The van der Waals surface area contributed by atoms with Gasteiger partial charge < -0.3 is 5.73 Å². The van der Waals surface area contributed by atoms with Crippen LogP contribution in [0.4, 0.5) is 0 Å². The molecule has 0 radical (unpaired) electrons. The second-order valence-electron chi connectivity index (χ2n) is 5.22. The fraction of sp³-hybridized carbons (Fsp3) is 1.00. The van der Waals surface area contributed by atoms with Gasteiger partial charge in [-0.25, -0.2) is 0 Å². The second kappa shape index (κ2) is 1.82. The molecule has 11 heavy (non-hydrogen) atoms. The molecule has 64 valence electrons. The molecule has 0 aromatic heterocycles. The van der Waals surface area contributed by atoms with E-state index in [4.69, 9.17) is 5.73 Å². The van der Waals surface area contributed by atoms with Gasteiger partial charge >= 0.3 is 0 Å². The summed E-state index contributed by atoms with van der Waals surface area (Å²) >= 11 is 0. The third-order valence-corrected chi connectivity index (χ3v) is 4.62. The van der Waals surface area contributed by atoms with Crippen molar-refractivity contribution in [3.8, 4) is 0 Å². The SMILES string of the molecule is C[C@@H]1C(C)(C)[C@@H]2CC[C@]1(N)C2. The van der Waals surface area contributed by atoms with Gasteiger partial charge in [0.05, 0.1) is 0 Å². The van der Waals surface area contributed by atoms with Crippen LogP contribution in [-0.2, 0) is 0 Å². The standard InChI is InChI=1S/C10H19N/c1-7-9(2,3)8-4-5-10(7,11)6-8/h7-8H,4-6,11H2,1-3H3/t7-,8-,10+/m1/s1. The molecule has 2 aliphatic rings. The zero-order chi connectivity index (χ0) is 8.28. The number of hydrogen-bond acceptors (Lipinski definition) is 1. The van der Waals surface area contributed by atoms with Crippen molar-refractivity contribution in [2.75, 3.05) is 0 Å². The minimum atomic E-state index is 0.203. The van der Waals surface area contributed by atoms with E-state index in [1.54, 1.807) is 0 Å². The van der Waals surface area contributed by atoms with Crippen LogP contribution < -0.4 is 5.73 Å². The zero-order valence-corrected chi connectivity index (χ0v) is 7.85. The predicted molar refractivity (Wildman–Crippen MR) is 47.2 cm³/mol. The molecule has 0 aromatic rings. The van der Waals surface area contributed by atoms with E-state index in [9.17, 15) is 0 Å². The minimum absolute atomic E-state index is 0.203. The molecule has 0 saturated heterocycles. The van der Waals surface area contributed by atoms with Gasteiger partial charge in [0.2, 0.25) is 0 Å². The van der Waals surface area contributed by atoms with E-state index in [0.717, 1.165) is 5.92 Å². The zero-order valence-electron chi connectivity index (χ0n) is 7.85. The molecular formula is C10H19N.